The lowest BCUT2D eigenvalue weighted by Crippen LogP contribution is -2.28. The molecule has 0 heterocycles. The van der Waals surface area contributed by atoms with Crippen molar-refractivity contribution in [1.29, 1.82) is 0 Å². The third-order valence-corrected chi connectivity index (χ3v) is 10.1. The quantitative estimate of drug-likeness (QED) is 0.0428. The summed E-state index contributed by atoms with van der Waals surface area (Å²) in [5.41, 5.74) is 1.67. The molecule has 8 heteroatoms. The minimum Gasteiger partial charge on any atom is -0.352 e. The van der Waals surface area contributed by atoms with Crippen LogP contribution in [0.1, 0.15) is 172 Å². The maximum atomic E-state index is 13.9. The highest BCUT2D eigenvalue weighted by molar-refractivity contribution is 6.33. The lowest BCUT2D eigenvalue weighted by Gasteiger charge is -2.20. The Morgan fingerprint density at radius 2 is 0.596 bits per heavy atom. The first-order valence-corrected chi connectivity index (χ1v) is 20.3. The van der Waals surface area contributed by atoms with Crippen molar-refractivity contribution < 1.29 is 19.2 Å². The maximum absolute atomic E-state index is 13.9. The molecule has 4 aromatic carbocycles. The van der Waals surface area contributed by atoms with Gasteiger partial charge in [-0.05, 0) is 70.1 Å². The summed E-state index contributed by atoms with van der Waals surface area (Å²) in [6.45, 7) is 10.8. The molecule has 0 radical (unpaired) electrons. The van der Waals surface area contributed by atoms with Gasteiger partial charge in [-0.25, -0.2) is 0 Å². The summed E-state index contributed by atoms with van der Waals surface area (Å²) in [6.07, 6.45) is 16.5. The monoisotopic (exact) mass is 710 g/mol. The average Bonchev–Trinajstić information content (AvgIpc) is 3.15. The maximum Gasteiger partial charge on any atom is 0.251 e. The molecular weight excluding hydrogens is 649 g/mol. The van der Waals surface area contributed by atoms with Gasteiger partial charge in [0.25, 0.3) is 23.6 Å². The molecule has 0 atom stereocenters. The Balaban J connectivity index is 1.87. The smallest absolute Gasteiger partial charge is 0.251 e. The minimum absolute atomic E-state index is 0.235. The van der Waals surface area contributed by atoms with Crippen molar-refractivity contribution >= 4 is 55.9 Å². The van der Waals surface area contributed by atoms with E-state index in [1.165, 1.54) is 0 Å². The molecule has 282 valence electrons. The number of hydrogen-bond acceptors (Lipinski definition) is 4. The molecule has 0 aliphatic heterocycles. The molecule has 0 unspecified atom stereocenters. The van der Waals surface area contributed by atoms with Crippen molar-refractivity contribution in [1.82, 2.24) is 21.3 Å². The molecule has 0 spiro atoms. The van der Waals surface area contributed by atoms with Crippen LogP contribution >= 0.6 is 0 Å². The van der Waals surface area contributed by atoms with Gasteiger partial charge in [0.2, 0.25) is 0 Å². The van der Waals surface area contributed by atoms with E-state index in [1.54, 1.807) is 12.1 Å². The van der Waals surface area contributed by atoms with Crippen LogP contribution in [0.15, 0.2) is 36.4 Å². The van der Waals surface area contributed by atoms with E-state index in [9.17, 15) is 19.2 Å². The molecule has 4 rings (SSSR count). The third-order valence-electron chi connectivity index (χ3n) is 10.1. The van der Waals surface area contributed by atoms with E-state index < -0.39 is 0 Å². The predicted molar refractivity (Wildman–Crippen MR) is 216 cm³/mol. The van der Waals surface area contributed by atoms with E-state index in [4.69, 9.17) is 0 Å². The summed E-state index contributed by atoms with van der Waals surface area (Å²) >= 11 is 0. The van der Waals surface area contributed by atoms with Crippen LogP contribution in [0.4, 0.5) is 0 Å². The molecule has 4 N–H and O–H groups in total. The number of amides is 4. The number of benzene rings is 4. The van der Waals surface area contributed by atoms with Gasteiger partial charge in [0.05, 0.1) is 0 Å². The summed E-state index contributed by atoms with van der Waals surface area (Å²) in [5.74, 6) is -0.939. The highest BCUT2D eigenvalue weighted by Gasteiger charge is 2.25. The number of carbonyl (C=O) groups is 4. The second-order valence-electron chi connectivity index (χ2n) is 14.3. The predicted octanol–water partition coefficient (Wildman–Crippen LogP) is 9.82. The van der Waals surface area contributed by atoms with E-state index in [0.29, 0.717) is 70.0 Å². The van der Waals surface area contributed by atoms with Gasteiger partial charge in [0.15, 0.2) is 0 Å². The van der Waals surface area contributed by atoms with Gasteiger partial charge < -0.3 is 21.3 Å². The van der Waals surface area contributed by atoms with Gasteiger partial charge in [0, 0.05) is 48.4 Å². The third kappa shape index (κ3) is 10.4. The van der Waals surface area contributed by atoms with Crippen LogP contribution < -0.4 is 21.3 Å². The highest BCUT2D eigenvalue weighted by Crippen LogP contribution is 2.40. The number of unbranched alkanes of at least 4 members (excludes halogenated alkanes) is 12. The Morgan fingerprint density at radius 1 is 0.365 bits per heavy atom. The molecule has 0 bridgehead atoms. The zero-order chi connectivity index (χ0) is 37.3. The van der Waals surface area contributed by atoms with Crippen LogP contribution in [0, 0.1) is 0 Å². The van der Waals surface area contributed by atoms with Gasteiger partial charge in [-0.3, -0.25) is 19.2 Å². The van der Waals surface area contributed by atoms with Gasteiger partial charge >= 0.3 is 0 Å². The molecule has 0 saturated carbocycles. The van der Waals surface area contributed by atoms with Crippen LogP contribution in [0.5, 0.6) is 0 Å². The fraction of sp³-hybridized carbons (Fsp3) is 0.545. The average molecular weight is 711 g/mol. The topological polar surface area (TPSA) is 116 Å². The van der Waals surface area contributed by atoms with Crippen molar-refractivity contribution in [3.05, 3.63) is 58.7 Å². The summed E-state index contributed by atoms with van der Waals surface area (Å²) in [5, 5.41) is 16.6. The van der Waals surface area contributed by atoms with Crippen molar-refractivity contribution in [2.75, 3.05) is 26.2 Å². The summed E-state index contributed by atoms with van der Waals surface area (Å²) < 4.78 is 0. The zero-order valence-corrected chi connectivity index (χ0v) is 32.2. The Hall–Kier alpha value is -4.20. The molecule has 52 heavy (non-hydrogen) atoms. The second kappa shape index (κ2) is 21.4. The molecule has 8 nitrogen and oxygen atoms in total. The summed E-state index contributed by atoms with van der Waals surface area (Å²) in [7, 11) is 0. The first-order chi connectivity index (χ1) is 25.4. The van der Waals surface area contributed by atoms with Crippen molar-refractivity contribution in [3.63, 3.8) is 0 Å². The van der Waals surface area contributed by atoms with Crippen molar-refractivity contribution in [3.8, 4) is 0 Å². The summed E-state index contributed by atoms with van der Waals surface area (Å²) in [6, 6.07) is 11.0. The van der Waals surface area contributed by atoms with Crippen molar-refractivity contribution in [2.45, 2.75) is 130 Å². The number of hydrogen-bond donors (Lipinski definition) is 4. The van der Waals surface area contributed by atoms with E-state index >= 15 is 0 Å². The molecule has 0 saturated heterocycles. The first kappa shape index (κ1) is 40.6. The zero-order valence-electron chi connectivity index (χ0n) is 32.2. The van der Waals surface area contributed by atoms with Gasteiger partial charge in [-0.1, -0.05) is 129 Å². The first-order valence-electron chi connectivity index (χ1n) is 20.3. The second-order valence-corrected chi connectivity index (χ2v) is 14.3. The molecule has 4 amide bonds. The van der Waals surface area contributed by atoms with E-state index in [-0.39, 0.29) is 23.6 Å². The van der Waals surface area contributed by atoms with Crippen LogP contribution in [0.25, 0.3) is 32.3 Å². The number of rotatable bonds is 24. The van der Waals surface area contributed by atoms with Gasteiger partial charge in [-0.15, -0.1) is 0 Å². The summed E-state index contributed by atoms with van der Waals surface area (Å²) in [4.78, 5) is 55.6. The van der Waals surface area contributed by atoms with Crippen molar-refractivity contribution in [2.24, 2.45) is 0 Å². The van der Waals surface area contributed by atoms with Crippen LogP contribution in [-0.4, -0.2) is 49.8 Å². The Kier molecular flexibility index (Phi) is 16.7. The van der Waals surface area contributed by atoms with Gasteiger partial charge in [-0.2, -0.15) is 0 Å². The lowest BCUT2D eigenvalue weighted by atomic mass is 9.85. The van der Waals surface area contributed by atoms with Crippen LogP contribution in [0.2, 0.25) is 0 Å². The van der Waals surface area contributed by atoms with Crippen LogP contribution in [0.3, 0.4) is 0 Å². The standard InChI is InChI=1S/C44H62N4O4/c1-5-9-13-17-25-45-41(49)35-29-36(42(50)46-26-18-14-10-6-2)32-23-24-34-38(44(52)48-28-20-16-12-8-4)30-37(43(51)47-27-19-15-11-7-3)33-22-21-31(35)39(32)40(33)34/h21-24,29-30H,5-20,25-28H2,1-4H3,(H,45,49)(H,46,50)(H,47,51)(H,48,52). The molecule has 0 aliphatic carbocycles. The Labute approximate surface area is 311 Å². The number of carbonyl (C=O) groups excluding carboxylic acids is 4. The molecular formula is C44H62N4O4. The van der Waals surface area contributed by atoms with E-state index in [0.717, 1.165) is 114 Å². The van der Waals surface area contributed by atoms with E-state index in [1.807, 2.05) is 24.3 Å². The molecule has 0 aliphatic rings. The largest absolute Gasteiger partial charge is 0.352 e. The fourth-order valence-electron chi connectivity index (χ4n) is 7.14. The minimum atomic E-state index is -0.235. The highest BCUT2D eigenvalue weighted by atomic mass is 16.2. The lowest BCUT2D eigenvalue weighted by molar-refractivity contribution is 0.0939. The normalized spacial score (nSPS) is 11.4. The van der Waals surface area contributed by atoms with Crippen LogP contribution in [-0.2, 0) is 0 Å². The fourth-order valence-corrected chi connectivity index (χ4v) is 7.14. The molecule has 0 aromatic heterocycles. The Morgan fingerprint density at radius 3 is 0.808 bits per heavy atom. The number of nitrogens with one attached hydrogen (secondary N) is 4. The SMILES string of the molecule is CCCCCCNC(=O)c1cc(C(=O)NCCCCCC)c2ccc3c(C(=O)NCCCCCC)cc(C(=O)NCCCCCC)c4ccc1c2c43. The van der Waals surface area contributed by atoms with Gasteiger partial charge in [0.1, 0.15) is 0 Å². The molecule has 0 fully saturated rings. The van der Waals surface area contributed by atoms with E-state index in [2.05, 4.69) is 49.0 Å². The molecule has 4 aromatic rings. The Bertz CT molecular complexity index is 1530.